The molecule has 0 N–H and O–H groups in total. The molecular formula is C7H12F2O2. The van der Waals surface area contributed by atoms with Crippen LogP contribution in [0.2, 0.25) is 0 Å². The molecule has 0 saturated heterocycles. The van der Waals surface area contributed by atoms with Crippen molar-refractivity contribution in [3.05, 3.63) is 0 Å². The van der Waals surface area contributed by atoms with Crippen LogP contribution in [-0.2, 0) is 9.53 Å². The van der Waals surface area contributed by atoms with Gasteiger partial charge in [0.25, 0.3) is 0 Å². The Kier molecular flexibility index (Phi) is 3.42. The zero-order chi connectivity index (χ0) is 9.07. The quantitative estimate of drug-likeness (QED) is 0.600. The fourth-order valence-corrected chi connectivity index (χ4v) is 0.385. The van der Waals surface area contributed by atoms with Gasteiger partial charge in [0.1, 0.15) is 0 Å². The van der Waals surface area contributed by atoms with Crippen molar-refractivity contribution < 1.29 is 18.3 Å². The Morgan fingerprint density at radius 1 is 1.55 bits per heavy atom. The van der Waals surface area contributed by atoms with Gasteiger partial charge in [0.2, 0.25) is 0 Å². The zero-order valence-corrected chi connectivity index (χ0v) is 6.86. The first-order chi connectivity index (χ1) is 4.90. The van der Waals surface area contributed by atoms with Crippen molar-refractivity contribution in [1.29, 1.82) is 0 Å². The molecule has 0 atom stereocenters. The van der Waals surface area contributed by atoms with Gasteiger partial charge in [-0.3, -0.25) is 4.79 Å². The van der Waals surface area contributed by atoms with Crippen molar-refractivity contribution in [3.8, 4) is 0 Å². The van der Waals surface area contributed by atoms with Crippen molar-refractivity contribution in [2.24, 2.45) is 5.41 Å². The molecule has 0 aliphatic rings. The Hall–Kier alpha value is -0.670. The molecule has 11 heavy (non-hydrogen) atoms. The zero-order valence-electron chi connectivity index (χ0n) is 6.86. The smallest absolute Gasteiger partial charge is 0.389 e. The van der Waals surface area contributed by atoms with E-state index in [0.717, 1.165) is 0 Å². The van der Waals surface area contributed by atoms with Crippen LogP contribution >= 0.6 is 0 Å². The summed E-state index contributed by atoms with van der Waals surface area (Å²) in [6, 6.07) is 0. The molecule has 0 aromatic rings. The molecule has 0 heterocycles. The molecule has 0 radical (unpaired) electrons. The van der Waals surface area contributed by atoms with Crippen molar-refractivity contribution in [3.63, 3.8) is 0 Å². The van der Waals surface area contributed by atoms with Gasteiger partial charge in [-0.05, 0) is 20.3 Å². The number of carbonyl (C=O) groups excluding carboxylic acids is 1. The fourth-order valence-electron chi connectivity index (χ4n) is 0.385. The van der Waals surface area contributed by atoms with Gasteiger partial charge in [0.05, 0.1) is 5.41 Å². The Bertz CT molecular complexity index is 143. The van der Waals surface area contributed by atoms with Crippen LogP contribution in [0.4, 0.5) is 8.78 Å². The minimum absolute atomic E-state index is 0.485. The summed E-state index contributed by atoms with van der Waals surface area (Å²) in [6.07, 6.45) is 0.485. The van der Waals surface area contributed by atoms with Crippen LogP contribution in [0.5, 0.6) is 0 Å². The first-order valence-corrected chi connectivity index (χ1v) is 3.39. The van der Waals surface area contributed by atoms with Gasteiger partial charge in [-0.15, -0.1) is 0 Å². The number of hydrogen-bond donors (Lipinski definition) is 0. The molecule has 0 bridgehead atoms. The molecular weight excluding hydrogens is 154 g/mol. The minimum atomic E-state index is -3.01. The first-order valence-electron chi connectivity index (χ1n) is 3.39. The third-order valence-electron chi connectivity index (χ3n) is 1.63. The molecule has 4 heteroatoms. The molecule has 0 rings (SSSR count). The minimum Gasteiger partial charge on any atom is -0.403 e. The lowest BCUT2D eigenvalue weighted by molar-refractivity contribution is -0.186. The van der Waals surface area contributed by atoms with E-state index in [2.05, 4.69) is 4.74 Å². The lowest BCUT2D eigenvalue weighted by atomic mass is 9.91. The maximum atomic E-state index is 11.5. The average Bonchev–Trinajstić information content (AvgIpc) is 1.86. The Labute approximate surface area is 64.5 Å². The molecule has 66 valence electrons. The molecule has 0 aromatic heterocycles. The van der Waals surface area contributed by atoms with E-state index in [0.29, 0.717) is 6.42 Å². The fraction of sp³-hybridized carbons (Fsp3) is 0.857. The van der Waals surface area contributed by atoms with Crippen LogP contribution in [0.15, 0.2) is 0 Å². The highest BCUT2D eigenvalue weighted by Crippen LogP contribution is 2.22. The van der Waals surface area contributed by atoms with Gasteiger partial charge in [0, 0.05) is 0 Å². The van der Waals surface area contributed by atoms with Crippen molar-refractivity contribution in [2.75, 3.05) is 0 Å². The second-order valence-electron chi connectivity index (χ2n) is 2.90. The van der Waals surface area contributed by atoms with E-state index in [-0.39, 0.29) is 0 Å². The van der Waals surface area contributed by atoms with E-state index in [9.17, 15) is 13.6 Å². The number of ether oxygens (including phenoxy) is 1. The Morgan fingerprint density at radius 2 is 2.00 bits per heavy atom. The highest BCUT2D eigenvalue weighted by molar-refractivity contribution is 5.75. The van der Waals surface area contributed by atoms with Crippen LogP contribution in [0.25, 0.3) is 0 Å². The SMILES string of the molecule is CCC(C)(C)C(=O)OC(F)F. The maximum absolute atomic E-state index is 11.5. The largest absolute Gasteiger partial charge is 0.403 e. The summed E-state index contributed by atoms with van der Waals surface area (Å²) in [4.78, 5) is 10.8. The van der Waals surface area contributed by atoms with Crippen molar-refractivity contribution in [2.45, 2.75) is 33.8 Å². The second kappa shape index (κ2) is 3.64. The normalized spacial score (nSPS) is 11.8. The summed E-state index contributed by atoms with van der Waals surface area (Å²) >= 11 is 0. The van der Waals surface area contributed by atoms with Gasteiger partial charge >= 0.3 is 12.6 Å². The summed E-state index contributed by atoms with van der Waals surface area (Å²) < 4.78 is 26.8. The number of halogens is 2. The van der Waals surface area contributed by atoms with Crippen LogP contribution in [0.1, 0.15) is 27.2 Å². The number of rotatable bonds is 3. The Morgan fingerprint density at radius 3 is 2.27 bits per heavy atom. The first kappa shape index (κ1) is 10.3. The molecule has 0 amide bonds. The summed E-state index contributed by atoms with van der Waals surface area (Å²) in [5.74, 6) is -0.852. The molecule has 0 aromatic carbocycles. The van der Waals surface area contributed by atoms with Gasteiger partial charge in [-0.25, -0.2) is 0 Å². The summed E-state index contributed by atoms with van der Waals surface area (Å²) in [7, 11) is 0. The maximum Gasteiger partial charge on any atom is 0.389 e. The van der Waals surface area contributed by atoms with E-state index in [4.69, 9.17) is 0 Å². The van der Waals surface area contributed by atoms with Gasteiger partial charge in [0.15, 0.2) is 0 Å². The standard InChI is InChI=1S/C7H12F2O2/c1-4-7(2,3)5(10)11-6(8)9/h6H,4H2,1-3H3. The lowest BCUT2D eigenvalue weighted by Gasteiger charge is -2.19. The highest BCUT2D eigenvalue weighted by atomic mass is 19.3. The van der Waals surface area contributed by atoms with Crippen molar-refractivity contribution in [1.82, 2.24) is 0 Å². The Balaban J connectivity index is 4.02. The molecule has 0 fully saturated rings. The molecule has 2 nitrogen and oxygen atoms in total. The number of hydrogen-bond acceptors (Lipinski definition) is 2. The predicted molar refractivity (Wildman–Crippen MR) is 36.2 cm³/mol. The number of esters is 1. The topological polar surface area (TPSA) is 26.3 Å². The van der Waals surface area contributed by atoms with E-state index in [1.807, 2.05) is 0 Å². The molecule has 0 aliphatic carbocycles. The third kappa shape index (κ3) is 3.30. The molecule has 0 unspecified atom stereocenters. The van der Waals surface area contributed by atoms with Gasteiger partial charge in [-0.1, -0.05) is 6.92 Å². The highest BCUT2D eigenvalue weighted by Gasteiger charge is 2.29. The molecule has 0 saturated carbocycles. The van der Waals surface area contributed by atoms with E-state index < -0.39 is 18.0 Å². The van der Waals surface area contributed by atoms with E-state index >= 15 is 0 Å². The van der Waals surface area contributed by atoms with E-state index in [1.165, 1.54) is 0 Å². The predicted octanol–water partition coefficient (Wildman–Crippen LogP) is 2.19. The second-order valence-corrected chi connectivity index (χ2v) is 2.90. The van der Waals surface area contributed by atoms with Gasteiger partial charge < -0.3 is 4.74 Å². The summed E-state index contributed by atoms with van der Waals surface area (Å²) in [5.41, 5.74) is -0.809. The lowest BCUT2D eigenvalue weighted by Crippen LogP contribution is -2.27. The van der Waals surface area contributed by atoms with Crippen molar-refractivity contribution >= 4 is 5.97 Å². The van der Waals surface area contributed by atoms with E-state index in [1.54, 1.807) is 20.8 Å². The number of alkyl halides is 2. The van der Waals surface area contributed by atoms with Crippen LogP contribution in [0, 0.1) is 5.41 Å². The third-order valence-corrected chi connectivity index (χ3v) is 1.63. The van der Waals surface area contributed by atoms with Crippen LogP contribution in [-0.4, -0.2) is 12.6 Å². The molecule has 0 spiro atoms. The van der Waals surface area contributed by atoms with Crippen LogP contribution in [0.3, 0.4) is 0 Å². The van der Waals surface area contributed by atoms with Crippen LogP contribution < -0.4 is 0 Å². The van der Waals surface area contributed by atoms with Gasteiger partial charge in [-0.2, -0.15) is 8.78 Å². The summed E-state index contributed by atoms with van der Waals surface area (Å²) in [5, 5.41) is 0. The molecule has 0 aliphatic heterocycles. The number of carbonyl (C=O) groups is 1. The monoisotopic (exact) mass is 166 g/mol. The average molecular weight is 166 g/mol. The summed E-state index contributed by atoms with van der Waals surface area (Å²) in [6.45, 7) is 1.87.